The Morgan fingerprint density at radius 1 is 0.733 bits per heavy atom. The molecule has 0 aromatic carbocycles. The minimum absolute atomic E-state index is 0.360. The molecule has 1 aliphatic heterocycles. The van der Waals surface area contributed by atoms with Crippen molar-refractivity contribution in [3.63, 3.8) is 0 Å². The highest BCUT2D eigenvalue weighted by molar-refractivity contribution is 4.91. The van der Waals surface area contributed by atoms with Gasteiger partial charge in [0.1, 0.15) is 0 Å². The van der Waals surface area contributed by atoms with Gasteiger partial charge in [0.05, 0.1) is 0 Å². The van der Waals surface area contributed by atoms with E-state index in [4.69, 9.17) is 0 Å². The van der Waals surface area contributed by atoms with Gasteiger partial charge >= 0.3 is 0 Å². The molecule has 1 nitrogen and oxygen atoms in total. The van der Waals surface area contributed by atoms with Crippen LogP contribution in [0.5, 0.6) is 0 Å². The number of hydrogen-bond acceptors (Lipinski definition) is 1. The molecule has 1 rings (SSSR count). The van der Waals surface area contributed by atoms with Crippen molar-refractivity contribution in [3.8, 4) is 0 Å². The molecule has 0 aromatic heterocycles. The van der Waals surface area contributed by atoms with E-state index in [0.717, 1.165) is 23.7 Å². The summed E-state index contributed by atoms with van der Waals surface area (Å²) in [5, 5.41) is 0. The van der Waals surface area contributed by atoms with E-state index in [1.165, 1.54) is 51.7 Å². The van der Waals surface area contributed by atoms with Crippen LogP contribution in [0.4, 0.5) is 0 Å². The zero-order valence-electron chi connectivity index (χ0n) is 23.4. The summed E-state index contributed by atoms with van der Waals surface area (Å²) in [6.07, 6.45) is 6.94. The van der Waals surface area contributed by atoms with E-state index in [-0.39, 0.29) is 0 Å². The standard InChI is InChI=1S/C29H59N/c1-22(2)16-17-24(26(3,4)5)29(12,13)19-23-15-14-18-30(20-23)21-25(27(6,7)8)28(9,10)11/h22-25H,14-21H2,1-13H3/t23?,24-/m0/s1. The lowest BCUT2D eigenvalue weighted by Crippen LogP contribution is -2.46. The molecule has 0 N–H and O–H groups in total. The van der Waals surface area contributed by atoms with Gasteiger partial charge in [0.25, 0.3) is 0 Å². The number of nitrogens with zero attached hydrogens (tertiary/aromatic N) is 1. The molecule has 0 aliphatic carbocycles. The van der Waals surface area contributed by atoms with Crippen LogP contribution in [-0.4, -0.2) is 24.5 Å². The topological polar surface area (TPSA) is 3.24 Å². The van der Waals surface area contributed by atoms with Crippen LogP contribution in [0, 0.1) is 45.3 Å². The van der Waals surface area contributed by atoms with Crippen molar-refractivity contribution < 1.29 is 0 Å². The van der Waals surface area contributed by atoms with Gasteiger partial charge in [0, 0.05) is 13.1 Å². The Labute approximate surface area is 192 Å². The first-order valence-corrected chi connectivity index (χ1v) is 13.1. The molecule has 1 heteroatoms. The minimum Gasteiger partial charge on any atom is -0.303 e. The normalized spacial score (nSPS) is 21.5. The number of piperidine rings is 1. The summed E-state index contributed by atoms with van der Waals surface area (Å²) < 4.78 is 0. The molecular weight excluding hydrogens is 362 g/mol. The second-order valence-corrected chi connectivity index (χ2v) is 15.1. The maximum Gasteiger partial charge on any atom is 0.00198 e. The second-order valence-electron chi connectivity index (χ2n) is 15.1. The summed E-state index contributed by atoms with van der Waals surface area (Å²) >= 11 is 0. The lowest BCUT2D eigenvalue weighted by Gasteiger charge is -2.48. The number of rotatable bonds is 8. The molecule has 2 atom stereocenters. The lowest BCUT2D eigenvalue weighted by molar-refractivity contribution is 0.0140. The largest absolute Gasteiger partial charge is 0.303 e. The zero-order chi connectivity index (χ0) is 23.5. The third kappa shape index (κ3) is 8.84. The number of likely N-dealkylation sites (tertiary alicyclic amines) is 1. The van der Waals surface area contributed by atoms with E-state index in [1.807, 2.05) is 0 Å². The van der Waals surface area contributed by atoms with Crippen LogP contribution in [-0.2, 0) is 0 Å². The molecular formula is C29H59N. The molecule has 30 heavy (non-hydrogen) atoms. The molecule has 0 bridgehead atoms. The Bertz CT molecular complexity index is 480. The van der Waals surface area contributed by atoms with Gasteiger partial charge in [0.2, 0.25) is 0 Å². The van der Waals surface area contributed by atoms with Crippen LogP contribution >= 0.6 is 0 Å². The third-order valence-electron chi connectivity index (χ3n) is 7.97. The van der Waals surface area contributed by atoms with Crippen LogP contribution in [0.2, 0.25) is 0 Å². The maximum atomic E-state index is 2.83. The Morgan fingerprint density at radius 3 is 1.67 bits per heavy atom. The quantitative estimate of drug-likeness (QED) is 0.378. The monoisotopic (exact) mass is 421 g/mol. The van der Waals surface area contributed by atoms with Gasteiger partial charge in [0.15, 0.2) is 0 Å². The summed E-state index contributed by atoms with van der Waals surface area (Å²) in [6.45, 7) is 35.9. The molecule has 1 aliphatic rings. The molecule has 0 aromatic rings. The summed E-state index contributed by atoms with van der Waals surface area (Å²) in [4.78, 5) is 2.83. The van der Waals surface area contributed by atoms with E-state index in [2.05, 4.69) is 94.9 Å². The molecule has 180 valence electrons. The minimum atomic E-state index is 0.360. The fourth-order valence-electron chi connectivity index (χ4n) is 6.97. The Balaban J connectivity index is 2.87. The van der Waals surface area contributed by atoms with E-state index < -0.39 is 0 Å². The molecule has 0 saturated carbocycles. The van der Waals surface area contributed by atoms with E-state index in [0.29, 0.717) is 21.7 Å². The first-order chi connectivity index (χ1) is 13.3. The summed E-state index contributed by atoms with van der Waals surface area (Å²) in [6, 6.07) is 0. The fourth-order valence-corrected chi connectivity index (χ4v) is 6.97. The smallest absolute Gasteiger partial charge is 0.00198 e. The molecule has 1 heterocycles. The fraction of sp³-hybridized carbons (Fsp3) is 1.00. The first-order valence-electron chi connectivity index (χ1n) is 13.1. The highest BCUT2D eigenvalue weighted by atomic mass is 15.1. The average molecular weight is 422 g/mol. The highest BCUT2D eigenvalue weighted by Crippen LogP contribution is 2.48. The van der Waals surface area contributed by atoms with Crippen molar-refractivity contribution in [1.82, 2.24) is 4.90 Å². The van der Waals surface area contributed by atoms with Crippen molar-refractivity contribution in [3.05, 3.63) is 0 Å². The molecule has 1 saturated heterocycles. The first kappa shape index (κ1) is 28.0. The van der Waals surface area contributed by atoms with Gasteiger partial charge in [-0.25, -0.2) is 0 Å². The molecule has 0 radical (unpaired) electrons. The van der Waals surface area contributed by atoms with Gasteiger partial charge in [-0.05, 0) is 77.6 Å². The van der Waals surface area contributed by atoms with Crippen molar-refractivity contribution in [2.24, 2.45) is 45.3 Å². The lowest BCUT2D eigenvalue weighted by atomic mass is 9.60. The van der Waals surface area contributed by atoms with Gasteiger partial charge in [-0.1, -0.05) is 96.4 Å². The number of hydrogen-bond donors (Lipinski definition) is 0. The zero-order valence-corrected chi connectivity index (χ0v) is 23.4. The van der Waals surface area contributed by atoms with Crippen LogP contribution in [0.1, 0.15) is 122 Å². The van der Waals surface area contributed by atoms with Gasteiger partial charge in [-0.15, -0.1) is 0 Å². The Morgan fingerprint density at radius 2 is 1.23 bits per heavy atom. The second kappa shape index (κ2) is 10.3. The Kier molecular flexibility index (Phi) is 9.58. The highest BCUT2D eigenvalue weighted by Gasteiger charge is 2.41. The van der Waals surface area contributed by atoms with Gasteiger partial charge in [-0.2, -0.15) is 0 Å². The van der Waals surface area contributed by atoms with Crippen molar-refractivity contribution >= 4 is 0 Å². The van der Waals surface area contributed by atoms with E-state index >= 15 is 0 Å². The average Bonchev–Trinajstić information content (AvgIpc) is 2.48. The predicted octanol–water partition coefficient (Wildman–Crippen LogP) is 8.92. The predicted molar refractivity (Wildman–Crippen MR) is 137 cm³/mol. The molecule has 0 spiro atoms. The van der Waals surface area contributed by atoms with Crippen molar-refractivity contribution in [2.75, 3.05) is 19.6 Å². The van der Waals surface area contributed by atoms with E-state index in [1.54, 1.807) is 0 Å². The van der Waals surface area contributed by atoms with Gasteiger partial charge in [-0.3, -0.25) is 0 Å². The summed E-state index contributed by atoms with van der Waals surface area (Å²) in [5.74, 6) is 3.19. The summed E-state index contributed by atoms with van der Waals surface area (Å²) in [5.41, 5.74) is 1.52. The van der Waals surface area contributed by atoms with Crippen LogP contribution in [0.15, 0.2) is 0 Å². The molecule has 1 unspecified atom stereocenters. The molecule has 1 fully saturated rings. The van der Waals surface area contributed by atoms with Gasteiger partial charge < -0.3 is 4.90 Å². The van der Waals surface area contributed by atoms with Crippen LogP contribution in [0.3, 0.4) is 0 Å². The van der Waals surface area contributed by atoms with E-state index in [9.17, 15) is 0 Å². The Hall–Kier alpha value is -0.0400. The van der Waals surface area contributed by atoms with Crippen molar-refractivity contribution in [2.45, 2.75) is 122 Å². The third-order valence-corrected chi connectivity index (χ3v) is 7.97. The molecule has 0 amide bonds. The van der Waals surface area contributed by atoms with Crippen LogP contribution < -0.4 is 0 Å². The summed E-state index contributed by atoms with van der Waals surface area (Å²) in [7, 11) is 0. The van der Waals surface area contributed by atoms with Crippen LogP contribution in [0.25, 0.3) is 0 Å². The SMILES string of the molecule is CC(C)CC[C@@H](C(C)(C)C)C(C)(C)CC1CCCN(CC(C(C)(C)C)C(C)(C)C)C1. The maximum absolute atomic E-state index is 2.83. The van der Waals surface area contributed by atoms with Crippen molar-refractivity contribution in [1.29, 1.82) is 0 Å².